The molecule has 0 aliphatic heterocycles. The molecule has 1 atom stereocenters. The summed E-state index contributed by atoms with van der Waals surface area (Å²) in [5, 5.41) is 5.13. The van der Waals surface area contributed by atoms with Crippen LogP contribution in [0.4, 0.5) is 19.0 Å². The van der Waals surface area contributed by atoms with Gasteiger partial charge in [0.25, 0.3) is 10.0 Å². The molecule has 194 valence electrons. The maximum Gasteiger partial charge on any atom is 0.405 e. The Balaban J connectivity index is 1.71. The molecular formula is C23H20ClF3N6O3S. The highest BCUT2D eigenvalue weighted by Crippen LogP contribution is 2.33. The molecule has 2 N–H and O–H groups in total. The van der Waals surface area contributed by atoms with Crippen LogP contribution in [0.25, 0.3) is 22.3 Å². The maximum absolute atomic E-state index is 13.4. The van der Waals surface area contributed by atoms with Crippen LogP contribution in [0.5, 0.6) is 0 Å². The number of benzene rings is 1. The molecular weight excluding hydrogens is 533 g/mol. The smallest absolute Gasteiger partial charge is 0.357 e. The summed E-state index contributed by atoms with van der Waals surface area (Å²) in [7, 11) is -4.04. The van der Waals surface area contributed by atoms with Gasteiger partial charge in [-0.2, -0.15) is 13.2 Å². The molecule has 0 unspecified atom stereocenters. The molecule has 4 rings (SSSR count). The van der Waals surface area contributed by atoms with E-state index in [0.29, 0.717) is 10.9 Å². The average Bonchev–Trinajstić information content (AvgIpc) is 3.22. The number of nitrogens with one attached hydrogen (secondary N) is 2. The number of anilines is 1. The Morgan fingerprint density at radius 3 is 2.54 bits per heavy atom. The number of carbonyl (C=O) groups is 1. The van der Waals surface area contributed by atoms with Crippen molar-refractivity contribution in [3.05, 3.63) is 65.7 Å². The van der Waals surface area contributed by atoms with Gasteiger partial charge in [0.15, 0.2) is 5.65 Å². The molecule has 0 saturated heterocycles. The summed E-state index contributed by atoms with van der Waals surface area (Å²) in [5.74, 6) is -0.800. The standard InChI is InChI=1S/C23H20ClF3N6O3S/c1-13-3-5-16(6-4-13)37(35,36)33-11-18(17-7-15(24)8-29-21(17)33)19-9-28-10-20(32-19)31-14(2)22(34)30-12-23(25,26)27/h3-11,14H,12H2,1-2H3,(H,30,34)(H,31,32)/t14-/m1/s1. The molecule has 0 aliphatic carbocycles. The molecule has 1 amide bonds. The van der Waals surface area contributed by atoms with Crippen LogP contribution in [-0.4, -0.2) is 52.0 Å². The van der Waals surface area contributed by atoms with Crippen LogP contribution >= 0.6 is 11.6 Å². The number of rotatable bonds is 7. The summed E-state index contributed by atoms with van der Waals surface area (Å²) in [6, 6.07) is 6.80. The number of carbonyl (C=O) groups excluding carboxylic acids is 1. The molecule has 9 nitrogen and oxygen atoms in total. The lowest BCUT2D eigenvalue weighted by atomic mass is 10.1. The Hall–Kier alpha value is -3.71. The first-order valence-corrected chi connectivity index (χ1v) is 12.6. The zero-order chi connectivity index (χ0) is 27.0. The lowest BCUT2D eigenvalue weighted by Crippen LogP contribution is -2.42. The van der Waals surface area contributed by atoms with E-state index in [9.17, 15) is 26.4 Å². The van der Waals surface area contributed by atoms with E-state index in [0.717, 1.165) is 9.54 Å². The number of alkyl halides is 3. The number of amides is 1. The molecule has 0 saturated carbocycles. The van der Waals surface area contributed by atoms with Gasteiger partial charge < -0.3 is 10.6 Å². The lowest BCUT2D eigenvalue weighted by molar-refractivity contribution is -0.138. The molecule has 0 spiro atoms. The summed E-state index contributed by atoms with van der Waals surface area (Å²) in [6.07, 6.45) is 0.774. The molecule has 0 aliphatic rings. The van der Waals surface area contributed by atoms with E-state index >= 15 is 0 Å². The van der Waals surface area contributed by atoms with Gasteiger partial charge in [0.1, 0.15) is 18.4 Å². The van der Waals surface area contributed by atoms with Crippen LogP contribution in [0.15, 0.2) is 60.0 Å². The highest BCUT2D eigenvalue weighted by molar-refractivity contribution is 7.90. The van der Waals surface area contributed by atoms with Crippen molar-refractivity contribution in [3.8, 4) is 11.3 Å². The van der Waals surface area contributed by atoms with Gasteiger partial charge in [-0.3, -0.25) is 9.78 Å². The van der Waals surface area contributed by atoms with E-state index in [1.807, 2.05) is 6.92 Å². The topological polar surface area (TPSA) is 119 Å². The third-order valence-corrected chi connectivity index (χ3v) is 7.16. The van der Waals surface area contributed by atoms with Crippen molar-refractivity contribution in [1.82, 2.24) is 24.2 Å². The fraction of sp³-hybridized carbons (Fsp3) is 0.217. The predicted molar refractivity (Wildman–Crippen MR) is 132 cm³/mol. The minimum Gasteiger partial charge on any atom is -0.357 e. The summed E-state index contributed by atoms with van der Waals surface area (Å²) < 4.78 is 65.1. The first-order valence-electron chi connectivity index (χ1n) is 10.8. The third-order valence-electron chi connectivity index (χ3n) is 5.29. The Morgan fingerprint density at radius 1 is 1.16 bits per heavy atom. The van der Waals surface area contributed by atoms with E-state index in [-0.39, 0.29) is 27.1 Å². The Bertz CT molecular complexity index is 1570. The molecule has 0 radical (unpaired) electrons. The lowest BCUT2D eigenvalue weighted by Gasteiger charge is -2.15. The van der Waals surface area contributed by atoms with Crippen LogP contribution in [0.3, 0.4) is 0 Å². The van der Waals surface area contributed by atoms with Crippen molar-refractivity contribution >= 4 is 44.4 Å². The SMILES string of the molecule is Cc1ccc(S(=O)(=O)n2cc(-c3cncc(N[C@H](C)C(=O)NCC(F)(F)F)n3)c3cc(Cl)cnc32)cc1. The molecule has 1 aromatic carbocycles. The number of halogens is 4. The molecule has 14 heteroatoms. The van der Waals surface area contributed by atoms with Crippen molar-refractivity contribution in [2.75, 3.05) is 11.9 Å². The monoisotopic (exact) mass is 552 g/mol. The van der Waals surface area contributed by atoms with Gasteiger partial charge in [0, 0.05) is 23.3 Å². The fourth-order valence-electron chi connectivity index (χ4n) is 3.46. The largest absolute Gasteiger partial charge is 0.405 e. The third kappa shape index (κ3) is 5.83. The van der Waals surface area contributed by atoms with E-state index in [2.05, 4.69) is 20.3 Å². The quantitative estimate of drug-likeness (QED) is 0.353. The molecule has 37 heavy (non-hydrogen) atoms. The van der Waals surface area contributed by atoms with Crippen LogP contribution < -0.4 is 10.6 Å². The summed E-state index contributed by atoms with van der Waals surface area (Å²) in [4.78, 5) is 24.7. The van der Waals surface area contributed by atoms with E-state index < -0.39 is 34.7 Å². The van der Waals surface area contributed by atoms with E-state index in [1.54, 1.807) is 17.4 Å². The highest BCUT2D eigenvalue weighted by Gasteiger charge is 2.29. The second kappa shape index (κ2) is 9.98. The van der Waals surface area contributed by atoms with Crippen molar-refractivity contribution in [2.45, 2.75) is 31.0 Å². The van der Waals surface area contributed by atoms with Gasteiger partial charge >= 0.3 is 6.18 Å². The van der Waals surface area contributed by atoms with Gasteiger partial charge in [-0.25, -0.2) is 22.4 Å². The van der Waals surface area contributed by atoms with Crippen molar-refractivity contribution in [1.29, 1.82) is 0 Å². The molecule has 3 aromatic heterocycles. The molecule has 0 fully saturated rings. The fourth-order valence-corrected chi connectivity index (χ4v) is 4.94. The highest BCUT2D eigenvalue weighted by atomic mass is 35.5. The van der Waals surface area contributed by atoms with E-state index in [1.165, 1.54) is 49.9 Å². The number of aryl methyl sites for hydroxylation is 1. The normalized spacial score (nSPS) is 12.9. The van der Waals surface area contributed by atoms with E-state index in [4.69, 9.17) is 11.6 Å². The molecule has 3 heterocycles. The predicted octanol–water partition coefficient (Wildman–Crippen LogP) is 4.17. The number of hydrogen-bond donors (Lipinski definition) is 2. The minimum atomic E-state index is -4.54. The van der Waals surface area contributed by atoms with Gasteiger partial charge in [-0.1, -0.05) is 29.3 Å². The average molecular weight is 553 g/mol. The van der Waals surface area contributed by atoms with Crippen molar-refractivity contribution < 1.29 is 26.4 Å². The second-order valence-electron chi connectivity index (χ2n) is 8.17. The number of aromatic nitrogens is 4. The summed E-state index contributed by atoms with van der Waals surface area (Å²) in [6.45, 7) is 1.74. The number of fused-ring (bicyclic) bond motifs is 1. The maximum atomic E-state index is 13.4. The van der Waals surface area contributed by atoms with Gasteiger partial charge in [0.05, 0.1) is 28.0 Å². The molecule has 4 aromatic rings. The number of hydrogen-bond acceptors (Lipinski definition) is 7. The number of nitrogens with zero attached hydrogens (tertiary/aromatic N) is 4. The zero-order valence-electron chi connectivity index (χ0n) is 19.4. The first kappa shape index (κ1) is 26.4. The van der Waals surface area contributed by atoms with Gasteiger partial charge in [-0.15, -0.1) is 0 Å². The van der Waals surface area contributed by atoms with Gasteiger partial charge in [0.2, 0.25) is 5.91 Å². The van der Waals surface area contributed by atoms with Crippen molar-refractivity contribution in [2.24, 2.45) is 0 Å². The number of pyridine rings is 1. The van der Waals surface area contributed by atoms with Crippen molar-refractivity contribution in [3.63, 3.8) is 0 Å². The Morgan fingerprint density at radius 2 is 1.86 bits per heavy atom. The van der Waals surface area contributed by atoms with Crippen LogP contribution in [0.1, 0.15) is 12.5 Å². The Labute approximate surface area is 214 Å². The van der Waals surface area contributed by atoms with Crippen LogP contribution in [0, 0.1) is 6.92 Å². The summed E-state index contributed by atoms with van der Waals surface area (Å²) >= 11 is 6.14. The molecule has 0 bridgehead atoms. The summed E-state index contributed by atoms with van der Waals surface area (Å²) in [5.41, 5.74) is 1.56. The Kier molecular flexibility index (Phi) is 7.11. The first-order chi connectivity index (χ1) is 17.3. The minimum absolute atomic E-state index is 0.0542. The zero-order valence-corrected chi connectivity index (χ0v) is 21.0. The second-order valence-corrected chi connectivity index (χ2v) is 10.4. The van der Waals surface area contributed by atoms with Crippen LogP contribution in [-0.2, 0) is 14.8 Å². The van der Waals surface area contributed by atoms with Crippen LogP contribution in [0.2, 0.25) is 5.02 Å². The van der Waals surface area contributed by atoms with Gasteiger partial charge in [-0.05, 0) is 32.0 Å².